The summed E-state index contributed by atoms with van der Waals surface area (Å²) in [7, 11) is 0. The Labute approximate surface area is 102 Å². The lowest BCUT2D eigenvalue weighted by Gasteiger charge is -2.15. The second-order valence-corrected chi connectivity index (χ2v) is 4.86. The average Bonchev–Trinajstić information content (AvgIpc) is 2.53. The zero-order valence-corrected chi connectivity index (χ0v) is 10.6. The van der Waals surface area contributed by atoms with Crippen molar-refractivity contribution in [3.8, 4) is 0 Å². The molecule has 1 aromatic heterocycles. The lowest BCUT2D eigenvalue weighted by atomic mass is 10.1. The van der Waals surface area contributed by atoms with Crippen LogP contribution in [-0.4, -0.2) is 17.1 Å². The van der Waals surface area contributed by atoms with E-state index in [-0.39, 0.29) is 5.91 Å². The van der Waals surface area contributed by atoms with Crippen LogP contribution in [-0.2, 0) is 0 Å². The van der Waals surface area contributed by atoms with Crippen LogP contribution in [0.3, 0.4) is 0 Å². The van der Waals surface area contributed by atoms with Crippen LogP contribution >= 0.6 is 0 Å². The molecule has 2 rings (SSSR count). The molecule has 0 unspecified atom stereocenters. The van der Waals surface area contributed by atoms with Crippen LogP contribution in [0.4, 0.5) is 0 Å². The Balaban J connectivity index is 2.01. The van der Waals surface area contributed by atoms with E-state index in [1.165, 1.54) is 25.7 Å². The molecule has 4 nitrogen and oxygen atoms in total. The third-order valence-electron chi connectivity index (χ3n) is 3.45. The van der Waals surface area contributed by atoms with Crippen molar-refractivity contribution >= 4 is 5.91 Å². The summed E-state index contributed by atoms with van der Waals surface area (Å²) in [6.07, 6.45) is 7.19. The van der Waals surface area contributed by atoms with Crippen molar-refractivity contribution in [3.05, 3.63) is 17.0 Å². The molecule has 4 heteroatoms. The summed E-state index contributed by atoms with van der Waals surface area (Å²) in [5.41, 5.74) is 1.28. The Bertz CT molecular complexity index is 371. The number of hydrogen-bond donors (Lipinski definition) is 1. The minimum Gasteiger partial charge on any atom is -0.361 e. The summed E-state index contributed by atoms with van der Waals surface area (Å²) in [6, 6.07) is 0.318. The first-order valence-electron chi connectivity index (χ1n) is 6.42. The van der Waals surface area contributed by atoms with Gasteiger partial charge in [-0.3, -0.25) is 4.79 Å². The standard InChI is InChI=1S/C13H20N2O2/c1-9-12(10(2)17-15-9)13(16)14-11-7-5-3-4-6-8-11/h11H,3-8H2,1-2H3,(H,14,16). The molecule has 1 aromatic rings. The van der Waals surface area contributed by atoms with Crippen LogP contribution in [0.2, 0.25) is 0 Å². The van der Waals surface area contributed by atoms with Crippen molar-refractivity contribution in [2.45, 2.75) is 58.4 Å². The molecule has 0 bridgehead atoms. The number of nitrogens with one attached hydrogen (secondary N) is 1. The molecule has 1 amide bonds. The monoisotopic (exact) mass is 236 g/mol. The normalized spacial score (nSPS) is 17.8. The first-order valence-corrected chi connectivity index (χ1v) is 6.42. The molecule has 0 saturated heterocycles. The Kier molecular flexibility index (Phi) is 3.82. The number of rotatable bonds is 2. The highest BCUT2D eigenvalue weighted by Crippen LogP contribution is 2.18. The van der Waals surface area contributed by atoms with Gasteiger partial charge in [0, 0.05) is 6.04 Å². The van der Waals surface area contributed by atoms with Crippen LogP contribution < -0.4 is 5.32 Å². The molecule has 0 aliphatic heterocycles. The van der Waals surface area contributed by atoms with Crippen molar-refractivity contribution < 1.29 is 9.32 Å². The van der Waals surface area contributed by atoms with Gasteiger partial charge in [-0.1, -0.05) is 30.8 Å². The fraction of sp³-hybridized carbons (Fsp3) is 0.692. The van der Waals surface area contributed by atoms with Crippen molar-refractivity contribution in [2.24, 2.45) is 0 Å². The van der Waals surface area contributed by atoms with Crippen molar-refractivity contribution in [1.82, 2.24) is 10.5 Å². The molecule has 0 aromatic carbocycles. The SMILES string of the molecule is Cc1noc(C)c1C(=O)NC1CCCCCC1. The van der Waals surface area contributed by atoms with Crippen LogP contribution in [0.15, 0.2) is 4.52 Å². The van der Waals surface area contributed by atoms with Crippen LogP contribution in [0.1, 0.15) is 60.3 Å². The average molecular weight is 236 g/mol. The second kappa shape index (κ2) is 5.34. The largest absolute Gasteiger partial charge is 0.361 e. The van der Waals surface area contributed by atoms with Crippen LogP contribution in [0.5, 0.6) is 0 Å². The highest BCUT2D eigenvalue weighted by molar-refractivity contribution is 5.96. The van der Waals surface area contributed by atoms with Crippen LogP contribution in [0, 0.1) is 13.8 Å². The number of aryl methyl sites for hydroxylation is 2. The van der Waals surface area contributed by atoms with Crippen LogP contribution in [0.25, 0.3) is 0 Å². The third-order valence-corrected chi connectivity index (χ3v) is 3.45. The van der Waals surface area contributed by atoms with E-state index in [0.717, 1.165) is 12.8 Å². The van der Waals surface area contributed by atoms with Crippen molar-refractivity contribution in [1.29, 1.82) is 0 Å². The predicted octanol–water partition coefficient (Wildman–Crippen LogP) is 2.74. The molecule has 17 heavy (non-hydrogen) atoms. The zero-order valence-electron chi connectivity index (χ0n) is 10.6. The molecule has 1 N–H and O–H groups in total. The van der Waals surface area contributed by atoms with E-state index in [1.54, 1.807) is 13.8 Å². The predicted molar refractivity (Wildman–Crippen MR) is 64.9 cm³/mol. The number of amides is 1. The number of aromatic nitrogens is 1. The van der Waals surface area contributed by atoms with Gasteiger partial charge in [-0.25, -0.2) is 0 Å². The van der Waals surface area contributed by atoms with E-state index in [9.17, 15) is 4.79 Å². The molecule has 1 saturated carbocycles. The lowest BCUT2D eigenvalue weighted by Crippen LogP contribution is -2.34. The Morgan fingerprint density at radius 3 is 2.41 bits per heavy atom. The minimum atomic E-state index is -0.0341. The van der Waals surface area contributed by atoms with E-state index < -0.39 is 0 Å². The molecular formula is C13H20N2O2. The first kappa shape index (κ1) is 12.1. The number of hydrogen-bond acceptors (Lipinski definition) is 3. The topological polar surface area (TPSA) is 55.1 Å². The number of carbonyl (C=O) groups is 1. The highest BCUT2D eigenvalue weighted by atomic mass is 16.5. The lowest BCUT2D eigenvalue weighted by molar-refractivity contribution is 0.0931. The summed E-state index contributed by atoms with van der Waals surface area (Å²) in [6.45, 7) is 3.58. The fourth-order valence-corrected chi connectivity index (χ4v) is 2.49. The summed E-state index contributed by atoms with van der Waals surface area (Å²) >= 11 is 0. The van der Waals surface area contributed by atoms with Gasteiger partial charge in [0.25, 0.3) is 5.91 Å². The summed E-state index contributed by atoms with van der Waals surface area (Å²) in [4.78, 5) is 12.1. The van der Waals surface area contributed by atoms with Gasteiger partial charge >= 0.3 is 0 Å². The molecule has 94 valence electrons. The number of nitrogens with zero attached hydrogens (tertiary/aromatic N) is 1. The van der Waals surface area contributed by atoms with E-state index in [2.05, 4.69) is 10.5 Å². The van der Waals surface area contributed by atoms with Gasteiger partial charge < -0.3 is 9.84 Å². The smallest absolute Gasteiger partial charge is 0.257 e. The van der Waals surface area contributed by atoms with Crippen molar-refractivity contribution in [3.63, 3.8) is 0 Å². The molecule has 0 radical (unpaired) electrons. The summed E-state index contributed by atoms with van der Waals surface area (Å²) < 4.78 is 5.02. The quantitative estimate of drug-likeness (QED) is 0.803. The van der Waals surface area contributed by atoms with E-state index >= 15 is 0 Å². The zero-order chi connectivity index (χ0) is 12.3. The highest BCUT2D eigenvalue weighted by Gasteiger charge is 2.21. The maximum atomic E-state index is 12.1. The van der Waals surface area contributed by atoms with Gasteiger partial charge in [0.15, 0.2) is 0 Å². The van der Waals surface area contributed by atoms with E-state index in [1.807, 2.05) is 0 Å². The molecular weight excluding hydrogens is 216 g/mol. The molecule has 0 spiro atoms. The Hall–Kier alpha value is -1.32. The van der Waals surface area contributed by atoms with E-state index in [0.29, 0.717) is 23.1 Å². The van der Waals surface area contributed by atoms with Gasteiger partial charge in [-0.05, 0) is 26.7 Å². The second-order valence-electron chi connectivity index (χ2n) is 4.86. The Morgan fingerprint density at radius 2 is 1.88 bits per heavy atom. The summed E-state index contributed by atoms with van der Waals surface area (Å²) in [5.74, 6) is 0.571. The molecule has 1 fully saturated rings. The van der Waals surface area contributed by atoms with Crippen molar-refractivity contribution in [2.75, 3.05) is 0 Å². The number of carbonyl (C=O) groups excluding carboxylic acids is 1. The maximum Gasteiger partial charge on any atom is 0.257 e. The van der Waals surface area contributed by atoms with E-state index in [4.69, 9.17) is 4.52 Å². The maximum absolute atomic E-state index is 12.1. The van der Waals surface area contributed by atoms with Gasteiger partial charge in [-0.2, -0.15) is 0 Å². The van der Waals surface area contributed by atoms with Gasteiger partial charge in [0.2, 0.25) is 0 Å². The molecule has 0 atom stereocenters. The van der Waals surface area contributed by atoms with Gasteiger partial charge in [-0.15, -0.1) is 0 Å². The minimum absolute atomic E-state index is 0.0341. The molecule has 1 aliphatic rings. The fourth-order valence-electron chi connectivity index (χ4n) is 2.49. The van der Waals surface area contributed by atoms with Gasteiger partial charge in [0.05, 0.1) is 5.69 Å². The first-order chi connectivity index (χ1) is 8.18. The summed E-state index contributed by atoms with van der Waals surface area (Å²) in [5, 5.41) is 6.92. The Morgan fingerprint density at radius 1 is 1.24 bits per heavy atom. The third kappa shape index (κ3) is 2.87. The molecule has 1 aliphatic carbocycles. The van der Waals surface area contributed by atoms with Gasteiger partial charge in [0.1, 0.15) is 11.3 Å². The molecule has 1 heterocycles.